The van der Waals surface area contributed by atoms with Crippen LogP contribution < -0.4 is 10.1 Å². The van der Waals surface area contributed by atoms with E-state index in [-0.39, 0.29) is 0 Å². The van der Waals surface area contributed by atoms with Gasteiger partial charge in [0.2, 0.25) is 5.88 Å². The first kappa shape index (κ1) is 15.7. The van der Waals surface area contributed by atoms with Crippen LogP contribution in [-0.2, 0) is 6.54 Å². The predicted molar refractivity (Wildman–Crippen MR) is 95.1 cm³/mol. The lowest BCUT2D eigenvalue weighted by Gasteiger charge is -2.38. The van der Waals surface area contributed by atoms with Gasteiger partial charge in [-0.25, -0.2) is 4.98 Å². The van der Waals surface area contributed by atoms with Crippen molar-refractivity contribution < 1.29 is 4.74 Å². The maximum Gasteiger partial charge on any atom is 0.213 e. The molecule has 3 aliphatic rings. The fourth-order valence-corrected chi connectivity index (χ4v) is 3.84. The molecule has 2 heterocycles. The van der Waals surface area contributed by atoms with Crippen molar-refractivity contribution in [1.29, 1.82) is 0 Å². The minimum Gasteiger partial charge on any atom is -0.477 e. The third-order valence-corrected chi connectivity index (χ3v) is 5.78. The van der Waals surface area contributed by atoms with Crippen LogP contribution >= 0.6 is 0 Å². The monoisotopic (exact) mass is 328 g/mol. The summed E-state index contributed by atoms with van der Waals surface area (Å²) >= 11 is 0. The normalized spacial score (nSPS) is 22.5. The Morgan fingerprint density at radius 3 is 2.96 bits per heavy atom. The van der Waals surface area contributed by atoms with Crippen LogP contribution in [-0.4, -0.2) is 42.6 Å². The second kappa shape index (κ2) is 6.61. The van der Waals surface area contributed by atoms with Crippen LogP contribution in [0.5, 0.6) is 5.88 Å². The van der Waals surface area contributed by atoms with Crippen molar-refractivity contribution in [1.82, 2.24) is 15.2 Å². The van der Waals surface area contributed by atoms with E-state index in [4.69, 9.17) is 4.74 Å². The van der Waals surface area contributed by atoms with Gasteiger partial charge in [-0.3, -0.25) is 4.99 Å². The molecule has 0 bridgehead atoms. The third-order valence-electron chi connectivity index (χ3n) is 5.78. The summed E-state index contributed by atoms with van der Waals surface area (Å²) in [5.74, 6) is 2.52. The molecular weight excluding hydrogens is 300 g/mol. The number of likely N-dealkylation sites (tertiary alicyclic amines) is 1. The zero-order chi connectivity index (χ0) is 16.4. The topological polar surface area (TPSA) is 49.8 Å². The number of aliphatic imine (C=N–C) groups is 1. The number of pyridine rings is 1. The number of hydrogen-bond acceptors (Lipinski definition) is 3. The van der Waals surface area contributed by atoms with Gasteiger partial charge < -0.3 is 15.0 Å². The standard InChI is InChI=1S/C19H28N4O/c1-20-18(23-10-8-19(14-23)6-2-7-19)22-12-16-5-9-21-17(11-16)24-13-15-3-4-15/h5,9,11,15H,2-4,6-8,10,12-14H2,1H3,(H,20,22). The van der Waals surface area contributed by atoms with E-state index < -0.39 is 0 Å². The van der Waals surface area contributed by atoms with Gasteiger partial charge in [0.05, 0.1) is 6.61 Å². The van der Waals surface area contributed by atoms with E-state index in [9.17, 15) is 0 Å². The molecule has 4 rings (SSSR count). The SMILES string of the molecule is CN=C(NCc1ccnc(OCC2CC2)c1)N1CCC2(CCC2)C1. The van der Waals surface area contributed by atoms with Gasteiger partial charge in [0.15, 0.2) is 5.96 Å². The molecule has 2 aliphatic carbocycles. The molecule has 0 unspecified atom stereocenters. The second-order valence-corrected chi connectivity index (χ2v) is 7.68. The molecule has 1 saturated heterocycles. The van der Waals surface area contributed by atoms with Crippen LogP contribution in [0.2, 0.25) is 0 Å². The number of guanidine groups is 1. The molecule has 0 atom stereocenters. The third kappa shape index (κ3) is 3.50. The van der Waals surface area contributed by atoms with Crippen molar-refractivity contribution in [2.75, 3.05) is 26.7 Å². The van der Waals surface area contributed by atoms with Gasteiger partial charge in [0.1, 0.15) is 0 Å². The summed E-state index contributed by atoms with van der Waals surface area (Å²) in [6.07, 6.45) is 9.95. The van der Waals surface area contributed by atoms with Gasteiger partial charge in [-0.15, -0.1) is 0 Å². The Labute approximate surface area is 144 Å². The van der Waals surface area contributed by atoms with Crippen molar-refractivity contribution >= 4 is 5.96 Å². The summed E-state index contributed by atoms with van der Waals surface area (Å²) in [6.45, 7) is 3.87. The van der Waals surface area contributed by atoms with Gasteiger partial charge >= 0.3 is 0 Å². The molecule has 5 heteroatoms. The quantitative estimate of drug-likeness (QED) is 0.667. The minimum atomic E-state index is 0.595. The highest BCUT2D eigenvalue weighted by Gasteiger charge is 2.43. The molecule has 0 radical (unpaired) electrons. The smallest absolute Gasteiger partial charge is 0.213 e. The van der Waals surface area contributed by atoms with Crippen molar-refractivity contribution in [3.63, 3.8) is 0 Å². The van der Waals surface area contributed by atoms with Crippen molar-refractivity contribution in [3.8, 4) is 5.88 Å². The van der Waals surface area contributed by atoms with Gasteiger partial charge in [-0.2, -0.15) is 0 Å². The molecule has 3 fully saturated rings. The van der Waals surface area contributed by atoms with E-state index in [1.807, 2.05) is 25.4 Å². The van der Waals surface area contributed by atoms with E-state index in [0.717, 1.165) is 37.5 Å². The van der Waals surface area contributed by atoms with E-state index >= 15 is 0 Å². The Kier molecular flexibility index (Phi) is 4.33. The molecule has 1 spiro atoms. The van der Waals surface area contributed by atoms with Crippen molar-refractivity contribution in [2.45, 2.75) is 45.1 Å². The number of hydrogen-bond donors (Lipinski definition) is 1. The van der Waals surface area contributed by atoms with Crippen LogP contribution in [0.15, 0.2) is 23.3 Å². The van der Waals surface area contributed by atoms with Crippen LogP contribution in [0.3, 0.4) is 0 Å². The van der Waals surface area contributed by atoms with Gasteiger partial charge in [-0.1, -0.05) is 6.42 Å². The Balaban J connectivity index is 1.30. The van der Waals surface area contributed by atoms with E-state index in [0.29, 0.717) is 5.41 Å². The summed E-state index contributed by atoms with van der Waals surface area (Å²) in [7, 11) is 1.88. The summed E-state index contributed by atoms with van der Waals surface area (Å²) < 4.78 is 5.77. The van der Waals surface area contributed by atoms with Gasteiger partial charge in [0.25, 0.3) is 0 Å². The van der Waals surface area contributed by atoms with E-state index in [1.54, 1.807) is 0 Å². The maximum absolute atomic E-state index is 5.77. The zero-order valence-electron chi connectivity index (χ0n) is 14.6. The lowest BCUT2D eigenvalue weighted by atomic mass is 9.68. The summed E-state index contributed by atoms with van der Waals surface area (Å²) in [5, 5.41) is 3.51. The lowest BCUT2D eigenvalue weighted by molar-refractivity contribution is 0.151. The summed E-state index contributed by atoms with van der Waals surface area (Å²) in [5.41, 5.74) is 1.78. The minimum absolute atomic E-state index is 0.595. The molecule has 24 heavy (non-hydrogen) atoms. The molecule has 0 amide bonds. The average Bonchev–Trinajstić information content (AvgIpc) is 3.29. The molecule has 1 N–H and O–H groups in total. The Hall–Kier alpha value is -1.78. The highest BCUT2D eigenvalue weighted by atomic mass is 16.5. The van der Waals surface area contributed by atoms with E-state index in [2.05, 4.69) is 20.2 Å². The second-order valence-electron chi connectivity index (χ2n) is 7.68. The number of nitrogens with one attached hydrogen (secondary N) is 1. The molecule has 1 aliphatic heterocycles. The van der Waals surface area contributed by atoms with E-state index in [1.165, 1.54) is 50.6 Å². The molecule has 130 valence electrons. The number of rotatable bonds is 5. The van der Waals surface area contributed by atoms with Crippen LogP contribution in [0, 0.1) is 11.3 Å². The Morgan fingerprint density at radius 1 is 1.42 bits per heavy atom. The van der Waals surface area contributed by atoms with Crippen molar-refractivity contribution in [3.05, 3.63) is 23.9 Å². The first-order valence-corrected chi connectivity index (χ1v) is 9.30. The molecule has 1 aromatic rings. The predicted octanol–water partition coefficient (Wildman–Crippen LogP) is 2.82. The molecular formula is C19H28N4O. The number of ether oxygens (including phenoxy) is 1. The number of nitrogens with zero attached hydrogens (tertiary/aromatic N) is 3. The molecule has 2 saturated carbocycles. The largest absolute Gasteiger partial charge is 0.477 e. The van der Waals surface area contributed by atoms with Gasteiger partial charge in [0, 0.05) is 38.9 Å². The highest BCUT2D eigenvalue weighted by Crippen LogP contribution is 2.47. The fourth-order valence-electron chi connectivity index (χ4n) is 3.84. The van der Waals surface area contributed by atoms with Crippen molar-refractivity contribution in [2.24, 2.45) is 16.3 Å². The molecule has 1 aromatic heterocycles. The first-order chi connectivity index (χ1) is 11.8. The zero-order valence-corrected chi connectivity index (χ0v) is 14.6. The Morgan fingerprint density at radius 2 is 2.29 bits per heavy atom. The average molecular weight is 328 g/mol. The Bertz CT molecular complexity index is 607. The molecule has 0 aromatic carbocycles. The number of aromatic nitrogens is 1. The van der Waals surface area contributed by atoms with Crippen LogP contribution in [0.4, 0.5) is 0 Å². The fraction of sp³-hybridized carbons (Fsp3) is 0.684. The maximum atomic E-state index is 5.77. The lowest BCUT2D eigenvalue weighted by Crippen LogP contribution is -2.42. The highest BCUT2D eigenvalue weighted by molar-refractivity contribution is 5.80. The first-order valence-electron chi connectivity index (χ1n) is 9.30. The van der Waals surface area contributed by atoms with Crippen LogP contribution in [0.1, 0.15) is 44.1 Å². The van der Waals surface area contributed by atoms with Crippen LogP contribution in [0.25, 0.3) is 0 Å². The molecule has 5 nitrogen and oxygen atoms in total. The van der Waals surface area contributed by atoms with Gasteiger partial charge in [-0.05, 0) is 55.1 Å². The summed E-state index contributed by atoms with van der Waals surface area (Å²) in [4.78, 5) is 11.2. The summed E-state index contributed by atoms with van der Waals surface area (Å²) in [6, 6.07) is 4.09.